The Morgan fingerprint density at radius 1 is 1.00 bits per heavy atom. The van der Waals surface area contributed by atoms with Crippen molar-refractivity contribution in [1.29, 1.82) is 0 Å². The second kappa shape index (κ2) is 6.60. The number of carbonyl (C=O) groups is 2. The average Bonchev–Trinajstić information content (AvgIpc) is 2.61. The fourth-order valence-electron chi connectivity index (χ4n) is 3.89. The first-order chi connectivity index (χ1) is 11.7. The highest BCUT2D eigenvalue weighted by atomic mass is 16.2. The summed E-state index contributed by atoms with van der Waals surface area (Å²) in [5.74, 6) is -0.159. The number of carbonyl (C=O) groups excluding carboxylic acids is 2. The third-order valence-electron chi connectivity index (χ3n) is 5.03. The zero-order chi connectivity index (χ0) is 17.2. The number of para-hydroxylation sites is 1. The molecule has 1 aromatic carbocycles. The van der Waals surface area contributed by atoms with Gasteiger partial charge in [0.25, 0.3) is 0 Å². The predicted octanol–water partition coefficient (Wildman–Crippen LogP) is 4.57. The van der Waals surface area contributed by atoms with Crippen molar-refractivity contribution in [2.24, 2.45) is 5.41 Å². The van der Waals surface area contributed by atoms with E-state index in [0.717, 1.165) is 42.6 Å². The van der Waals surface area contributed by atoms with Crippen LogP contribution in [0.25, 0.3) is 0 Å². The summed E-state index contributed by atoms with van der Waals surface area (Å²) >= 11 is 0. The number of nitrogens with zero attached hydrogens (tertiary/aromatic N) is 1. The Bertz CT molecular complexity index is 705. The summed E-state index contributed by atoms with van der Waals surface area (Å²) in [6.45, 7) is 7.56. The van der Waals surface area contributed by atoms with E-state index in [1.54, 1.807) is 17.1 Å². The van der Waals surface area contributed by atoms with Crippen LogP contribution >= 0.6 is 0 Å². The summed E-state index contributed by atoms with van der Waals surface area (Å²) < 4.78 is 0. The Morgan fingerprint density at radius 3 is 2.25 bits per heavy atom. The summed E-state index contributed by atoms with van der Waals surface area (Å²) in [6, 6.07) is 9.63. The first-order valence-corrected chi connectivity index (χ1v) is 8.54. The molecule has 3 rings (SSSR count). The number of anilines is 1. The fourth-order valence-corrected chi connectivity index (χ4v) is 3.89. The molecule has 0 aromatic heterocycles. The van der Waals surface area contributed by atoms with Gasteiger partial charge in [0.05, 0.1) is 0 Å². The van der Waals surface area contributed by atoms with Gasteiger partial charge >= 0.3 is 0 Å². The minimum atomic E-state index is -1.09. The number of benzene rings is 1. The number of allylic oxidation sites excluding steroid dienone is 4. The van der Waals surface area contributed by atoms with E-state index in [1.807, 2.05) is 30.3 Å². The van der Waals surface area contributed by atoms with Crippen molar-refractivity contribution in [3.8, 4) is 0 Å². The smallest absolute Gasteiger partial charge is 0.245 e. The highest BCUT2D eigenvalue weighted by Gasteiger charge is 2.52. The van der Waals surface area contributed by atoms with Gasteiger partial charge in [0, 0.05) is 17.0 Å². The van der Waals surface area contributed by atoms with E-state index >= 15 is 0 Å². The first-order valence-electron chi connectivity index (χ1n) is 8.54. The van der Waals surface area contributed by atoms with Crippen LogP contribution in [0.3, 0.4) is 0 Å². The minimum Gasteiger partial charge on any atom is -0.293 e. The fraction of sp³-hybridized carbons (Fsp3) is 0.333. The number of hydrogen-bond acceptors (Lipinski definition) is 2. The van der Waals surface area contributed by atoms with Crippen molar-refractivity contribution < 1.29 is 9.59 Å². The highest BCUT2D eigenvalue weighted by molar-refractivity contribution is 6.23. The van der Waals surface area contributed by atoms with Crippen molar-refractivity contribution >= 4 is 17.4 Å². The molecule has 0 radical (unpaired) electrons. The van der Waals surface area contributed by atoms with Crippen LogP contribution < -0.4 is 4.90 Å². The molecule has 0 bridgehead atoms. The van der Waals surface area contributed by atoms with Gasteiger partial charge in [0.15, 0.2) is 5.78 Å². The molecule has 1 aromatic rings. The molecular formula is C21H23NO2. The SMILES string of the molecule is C=CCC1(CC=C)C(=O)C2=C(CCCC2)N(c2ccccc2)C1=O. The van der Waals surface area contributed by atoms with Crippen molar-refractivity contribution in [3.05, 3.63) is 66.9 Å². The maximum atomic E-state index is 13.5. The molecular weight excluding hydrogens is 298 g/mol. The quantitative estimate of drug-likeness (QED) is 0.588. The molecule has 3 nitrogen and oxygen atoms in total. The first kappa shape index (κ1) is 16.4. The van der Waals surface area contributed by atoms with Gasteiger partial charge in [-0.25, -0.2) is 0 Å². The van der Waals surface area contributed by atoms with Gasteiger partial charge in [0.2, 0.25) is 5.91 Å². The van der Waals surface area contributed by atoms with Gasteiger partial charge < -0.3 is 0 Å². The highest BCUT2D eigenvalue weighted by Crippen LogP contribution is 2.45. The van der Waals surface area contributed by atoms with E-state index in [0.29, 0.717) is 12.8 Å². The van der Waals surface area contributed by atoms with Crippen molar-refractivity contribution in [1.82, 2.24) is 0 Å². The number of amides is 1. The molecule has 0 N–H and O–H groups in total. The summed E-state index contributed by atoms with van der Waals surface area (Å²) in [6.07, 6.45) is 7.58. The monoisotopic (exact) mass is 321 g/mol. The molecule has 0 spiro atoms. The number of Topliss-reactive ketones (excluding diaryl/α,β-unsaturated/α-hetero) is 1. The third kappa shape index (κ3) is 2.44. The maximum absolute atomic E-state index is 13.5. The molecule has 0 fully saturated rings. The van der Waals surface area contributed by atoms with E-state index < -0.39 is 5.41 Å². The van der Waals surface area contributed by atoms with Crippen molar-refractivity contribution in [2.75, 3.05) is 4.90 Å². The van der Waals surface area contributed by atoms with Gasteiger partial charge in [-0.1, -0.05) is 30.4 Å². The van der Waals surface area contributed by atoms with Gasteiger partial charge in [-0.05, 0) is 50.7 Å². The van der Waals surface area contributed by atoms with E-state index in [-0.39, 0.29) is 11.7 Å². The molecule has 1 heterocycles. The Labute approximate surface area is 143 Å². The van der Waals surface area contributed by atoms with E-state index in [1.165, 1.54) is 0 Å². The normalized spacial score (nSPS) is 19.9. The summed E-state index contributed by atoms with van der Waals surface area (Å²) in [5, 5.41) is 0. The number of ketones is 1. The molecule has 0 atom stereocenters. The second-order valence-corrected chi connectivity index (χ2v) is 6.51. The van der Waals surface area contributed by atoms with Crippen molar-refractivity contribution in [2.45, 2.75) is 38.5 Å². The zero-order valence-corrected chi connectivity index (χ0v) is 14.0. The lowest BCUT2D eigenvalue weighted by atomic mass is 9.68. The van der Waals surface area contributed by atoms with Crippen LogP contribution in [0.5, 0.6) is 0 Å². The summed E-state index contributed by atoms with van der Waals surface area (Å²) in [5.41, 5.74) is 1.47. The van der Waals surface area contributed by atoms with Gasteiger partial charge in [-0.3, -0.25) is 14.5 Å². The van der Waals surface area contributed by atoms with Crippen LogP contribution in [-0.4, -0.2) is 11.7 Å². The molecule has 1 aliphatic carbocycles. The lowest BCUT2D eigenvalue weighted by molar-refractivity contribution is -0.139. The van der Waals surface area contributed by atoms with Gasteiger partial charge in [-0.2, -0.15) is 0 Å². The molecule has 0 unspecified atom stereocenters. The number of rotatable bonds is 5. The standard InChI is InChI=1S/C21H23NO2/c1-3-14-21(15-4-2)19(23)17-12-8-9-13-18(17)22(20(21)24)16-10-6-5-7-11-16/h3-7,10-11H,1-2,8-9,12-15H2. The predicted molar refractivity (Wildman–Crippen MR) is 96.5 cm³/mol. The van der Waals surface area contributed by atoms with E-state index in [9.17, 15) is 9.59 Å². The molecule has 3 heteroatoms. The lowest BCUT2D eigenvalue weighted by Crippen LogP contribution is -2.53. The van der Waals surface area contributed by atoms with Crippen LogP contribution in [0.1, 0.15) is 38.5 Å². The van der Waals surface area contributed by atoms with Crippen LogP contribution in [0.15, 0.2) is 66.9 Å². The Hall–Kier alpha value is -2.42. The van der Waals surface area contributed by atoms with E-state index in [4.69, 9.17) is 0 Å². The van der Waals surface area contributed by atoms with Crippen LogP contribution in [-0.2, 0) is 9.59 Å². The van der Waals surface area contributed by atoms with Crippen LogP contribution in [0, 0.1) is 5.41 Å². The molecule has 0 saturated heterocycles. The largest absolute Gasteiger partial charge is 0.293 e. The number of hydrogen-bond donors (Lipinski definition) is 0. The van der Waals surface area contributed by atoms with Crippen LogP contribution in [0.4, 0.5) is 5.69 Å². The molecule has 1 aliphatic heterocycles. The molecule has 1 amide bonds. The summed E-state index contributed by atoms with van der Waals surface area (Å²) in [4.78, 5) is 28.5. The minimum absolute atomic E-state index is 0.0193. The average molecular weight is 321 g/mol. The molecule has 0 saturated carbocycles. The Kier molecular flexibility index (Phi) is 4.52. The van der Waals surface area contributed by atoms with Crippen LogP contribution in [0.2, 0.25) is 0 Å². The molecule has 124 valence electrons. The Morgan fingerprint density at radius 2 is 1.62 bits per heavy atom. The topological polar surface area (TPSA) is 37.4 Å². The second-order valence-electron chi connectivity index (χ2n) is 6.51. The van der Waals surface area contributed by atoms with Gasteiger partial charge in [-0.15, -0.1) is 13.2 Å². The van der Waals surface area contributed by atoms with Crippen molar-refractivity contribution in [3.63, 3.8) is 0 Å². The van der Waals surface area contributed by atoms with E-state index in [2.05, 4.69) is 13.2 Å². The molecule has 24 heavy (non-hydrogen) atoms. The lowest BCUT2D eigenvalue weighted by Gasteiger charge is -2.43. The zero-order valence-electron chi connectivity index (χ0n) is 14.0. The summed E-state index contributed by atoms with van der Waals surface area (Å²) in [7, 11) is 0. The van der Waals surface area contributed by atoms with Gasteiger partial charge in [0.1, 0.15) is 5.41 Å². The maximum Gasteiger partial charge on any atom is 0.245 e. The molecule has 2 aliphatic rings. The third-order valence-corrected chi connectivity index (χ3v) is 5.03. The Balaban J connectivity index is 2.21.